The lowest BCUT2D eigenvalue weighted by Gasteiger charge is -2.40. The van der Waals surface area contributed by atoms with Crippen molar-refractivity contribution in [2.24, 2.45) is 0 Å². The van der Waals surface area contributed by atoms with Crippen LogP contribution in [0.4, 0.5) is 34.1 Å². The first-order chi connectivity index (χ1) is 32.8. The Kier molecular flexibility index (Phi) is 8.03. The van der Waals surface area contributed by atoms with Gasteiger partial charge in [0.15, 0.2) is 5.58 Å². The fourth-order valence-electron chi connectivity index (χ4n) is 11.1. The lowest BCUT2D eigenvalue weighted by atomic mass is 9.66. The highest BCUT2D eigenvalue weighted by Gasteiger charge is 2.51. The van der Waals surface area contributed by atoms with E-state index >= 15 is 0 Å². The summed E-state index contributed by atoms with van der Waals surface area (Å²) in [5, 5.41) is 4.51. The standard InChI is InChI=1S/C61H38N2O2S/c1-3-18-39(19-4-1)62(40-20-5-2-6-21-40)51-35-36-52(60-59(51)44-24-9-14-30-53(44)65-60)63(50-29-17-33-57-58(50)45-25-10-16-32-56(45)66-57)41-34-37-55-49(38-41)61(48-28-13-15-31-54(48)64-55)46-26-11-7-22-42(46)43-23-8-12-27-47(43)61/h1-38H. The van der Waals surface area contributed by atoms with Gasteiger partial charge in [-0.1, -0.05) is 146 Å². The Morgan fingerprint density at radius 3 is 1.70 bits per heavy atom. The second-order valence-electron chi connectivity index (χ2n) is 17.1. The van der Waals surface area contributed by atoms with Gasteiger partial charge < -0.3 is 19.0 Å². The molecule has 5 heteroatoms. The molecule has 0 amide bonds. The van der Waals surface area contributed by atoms with Crippen LogP contribution < -0.4 is 14.5 Å². The predicted octanol–water partition coefficient (Wildman–Crippen LogP) is 17.4. The molecule has 10 aromatic carbocycles. The molecule has 0 unspecified atom stereocenters. The number of hydrogen-bond donors (Lipinski definition) is 0. The molecule has 1 spiro atoms. The minimum atomic E-state index is -0.634. The van der Waals surface area contributed by atoms with E-state index in [-0.39, 0.29) is 0 Å². The molecule has 0 fully saturated rings. The summed E-state index contributed by atoms with van der Waals surface area (Å²) in [6.07, 6.45) is 0. The highest BCUT2D eigenvalue weighted by molar-refractivity contribution is 7.26. The van der Waals surface area contributed by atoms with Gasteiger partial charge in [0, 0.05) is 53.7 Å². The van der Waals surface area contributed by atoms with Crippen LogP contribution in [-0.4, -0.2) is 0 Å². The molecule has 66 heavy (non-hydrogen) atoms. The van der Waals surface area contributed by atoms with Gasteiger partial charge in [0.2, 0.25) is 0 Å². The zero-order valence-electron chi connectivity index (χ0n) is 35.6. The zero-order valence-corrected chi connectivity index (χ0v) is 36.4. The van der Waals surface area contributed by atoms with Crippen LogP contribution in [0.1, 0.15) is 22.3 Å². The molecule has 0 atom stereocenters. The first-order valence-electron chi connectivity index (χ1n) is 22.4. The van der Waals surface area contributed by atoms with Gasteiger partial charge in [-0.2, -0.15) is 0 Å². The highest BCUT2D eigenvalue weighted by atomic mass is 32.1. The van der Waals surface area contributed by atoms with Crippen molar-refractivity contribution >= 4 is 87.6 Å². The van der Waals surface area contributed by atoms with Gasteiger partial charge >= 0.3 is 0 Å². The molecule has 310 valence electrons. The molecule has 0 saturated carbocycles. The molecule has 0 N–H and O–H groups in total. The van der Waals surface area contributed by atoms with Crippen molar-refractivity contribution in [3.8, 4) is 22.6 Å². The molecule has 2 aromatic heterocycles. The molecule has 0 saturated heterocycles. The van der Waals surface area contributed by atoms with Crippen molar-refractivity contribution in [2.75, 3.05) is 9.80 Å². The van der Waals surface area contributed by atoms with E-state index in [4.69, 9.17) is 9.15 Å². The average Bonchev–Trinajstić information content (AvgIpc) is 4.05. The number of benzene rings is 10. The SMILES string of the molecule is c1ccc(N(c2ccccc2)c2ccc(N(c3ccc4c(c3)C3(c5ccccc5O4)c4ccccc4-c4ccccc43)c3cccc4sc5ccccc5c34)c3oc4ccccc4c23)cc1. The lowest BCUT2D eigenvalue weighted by molar-refractivity contribution is 0.436. The van der Waals surface area contributed by atoms with E-state index < -0.39 is 5.41 Å². The second-order valence-corrected chi connectivity index (χ2v) is 18.2. The molecule has 4 nitrogen and oxygen atoms in total. The maximum Gasteiger partial charge on any atom is 0.161 e. The van der Waals surface area contributed by atoms with E-state index in [1.165, 1.54) is 42.4 Å². The maximum absolute atomic E-state index is 7.21. The summed E-state index contributed by atoms with van der Waals surface area (Å²) in [6, 6.07) is 82.9. The minimum Gasteiger partial charge on any atom is -0.457 e. The van der Waals surface area contributed by atoms with E-state index in [2.05, 4.69) is 240 Å². The summed E-state index contributed by atoms with van der Waals surface area (Å²) in [6.45, 7) is 0. The van der Waals surface area contributed by atoms with Gasteiger partial charge in [0.05, 0.1) is 27.9 Å². The van der Waals surface area contributed by atoms with E-state index in [1.807, 2.05) is 11.3 Å². The molecule has 3 heterocycles. The number of anilines is 6. The van der Waals surface area contributed by atoms with Crippen LogP contribution in [0.2, 0.25) is 0 Å². The number of fused-ring (bicyclic) bond motifs is 15. The van der Waals surface area contributed by atoms with Crippen LogP contribution in [0.3, 0.4) is 0 Å². The Balaban J connectivity index is 1.09. The van der Waals surface area contributed by atoms with E-state index in [0.29, 0.717) is 0 Å². The molecule has 0 bridgehead atoms. The Bertz CT molecular complexity index is 3800. The fourth-order valence-corrected chi connectivity index (χ4v) is 12.2. The average molecular weight is 863 g/mol. The van der Waals surface area contributed by atoms with Crippen LogP contribution in [-0.2, 0) is 5.41 Å². The minimum absolute atomic E-state index is 0.634. The molecule has 14 rings (SSSR count). The van der Waals surface area contributed by atoms with Crippen molar-refractivity contribution in [1.29, 1.82) is 0 Å². The van der Waals surface area contributed by atoms with Gasteiger partial charge in [0.1, 0.15) is 17.1 Å². The first-order valence-corrected chi connectivity index (χ1v) is 23.2. The molecule has 1 aliphatic carbocycles. The van der Waals surface area contributed by atoms with Gasteiger partial charge in [0.25, 0.3) is 0 Å². The number of ether oxygens (including phenoxy) is 1. The van der Waals surface area contributed by atoms with Crippen molar-refractivity contribution < 1.29 is 9.15 Å². The lowest BCUT2D eigenvalue weighted by Crippen LogP contribution is -2.32. The van der Waals surface area contributed by atoms with Crippen LogP contribution in [0.5, 0.6) is 11.5 Å². The van der Waals surface area contributed by atoms with Gasteiger partial charge in [-0.3, -0.25) is 0 Å². The van der Waals surface area contributed by atoms with Crippen molar-refractivity contribution in [3.05, 3.63) is 253 Å². The first kappa shape index (κ1) is 37.0. The van der Waals surface area contributed by atoms with Crippen LogP contribution in [0.15, 0.2) is 235 Å². The number of furan rings is 1. The molecule has 0 radical (unpaired) electrons. The molecular formula is C61H38N2O2S. The van der Waals surface area contributed by atoms with Crippen LogP contribution in [0.25, 0.3) is 53.2 Å². The van der Waals surface area contributed by atoms with Crippen molar-refractivity contribution in [1.82, 2.24) is 0 Å². The monoisotopic (exact) mass is 862 g/mol. The largest absolute Gasteiger partial charge is 0.457 e. The summed E-state index contributed by atoms with van der Waals surface area (Å²) in [5.74, 6) is 1.71. The van der Waals surface area contributed by atoms with Crippen molar-refractivity contribution in [2.45, 2.75) is 5.41 Å². The number of nitrogens with zero attached hydrogens (tertiary/aromatic N) is 2. The molecular weight excluding hydrogens is 825 g/mol. The van der Waals surface area contributed by atoms with E-state index in [0.717, 1.165) is 78.7 Å². The van der Waals surface area contributed by atoms with E-state index in [9.17, 15) is 0 Å². The summed E-state index contributed by atoms with van der Waals surface area (Å²) in [4.78, 5) is 4.78. The van der Waals surface area contributed by atoms with Crippen LogP contribution in [0, 0.1) is 0 Å². The number of thiophene rings is 1. The number of hydrogen-bond acceptors (Lipinski definition) is 5. The Hall–Kier alpha value is -8.38. The van der Waals surface area contributed by atoms with Crippen molar-refractivity contribution in [3.63, 3.8) is 0 Å². The van der Waals surface area contributed by atoms with Gasteiger partial charge in [-0.15, -0.1) is 11.3 Å². The topological polar surface area (TPSA) is 28.9 Å². The fraction of sp³-hybridized carbons (Fsp3) is 0.0164. The Morgan fingerprint density at radius 2 is 0.939 bits per heavy atom. The number of para-hydroxylation sites is 4. The van der Waals surface area contributed by atoms with Gasteiger partial charge in [-0.25, -0.2) is 0 Å². The Labute approximate surface area is 385 Å². The second kappa shape index (κ2) is 14.3. The third kappa shape index (κ3) is 5.20. The Morgan fingerprint density at radius 1 is 0.364 bits per heavy atom. The highest BCUT2D eigenvalue weighted by Crippen LogP contribution is 2.63. The number of rotatable bonds is 6. The third-order valence-corrected chi connectivity index (χ3v) is 14.8. The predicted molar refractivity (Wildman–Crippen MR) is 273 cm³/mol. The zero-order chi connectivity index (χ0) is 43.3. The summed E-state index contributed by atoms with van der Waals surface area (Å²) >= 11 is 1.83. The third-order valence-electron chi connectivity index (χ3n) is 13.7. The summed E-state index contributed by atoms with van der Waals surface area (Å²) in [7, 11) is 0. The molecule has 2 aliphatic rings. The smallest absolute Gasteiger partial charge is 0.161 e. The normalized spacial score (nSPS) is 13.1. The molecule has 12 aromatic rings. The molecule has 1 aliphatic heterocycles. The summed E-state index contributed by atoms with van der Waals surface area (Å²) in [5.41, 5.74) is 14.4. The quantitative estimate of drug-likeness (QED) is 0.167. The van der Waals surface area contributed by atoms with Gasteiger partial charge in [-0.05, 0) is 107 Å². The maximum atomic E-state index is 7.21. The van der Waals surface area contributed by atoms with Crippen LogP contribution >= 0.6 is 11.3 Å². The summed E-state index contributed by atoms with van der Waals surface area (Å²) < 4.78 is 16.6. The van der Waals surface area contributed by atoms with E-state index in [1.54, 1.807) is 0 Å².